The molecule has 4 rings (SSSR count). The molecule has 2 aromatic carbocycles. The number of rotatable bonds is 9. The van der Waals surface area contributed by atoms with Crippen molar-refractivity contribution in [3.63, 3.8) is 0 Å². The standard InChI is InChI=1S/C28H28Cl2N2O4S/c1-4-6-7-14-36-21-12-9-18(10-13-21)25-24(27(34)35-5-2)17(3)31-28-32(25)26(33)23(37-28)15-19-8-11-20(29)16-22(19)30/h8-13,15-16,25H,4-7,14H2,1-3H3/b23-15-. The van der Waals surface area contributed by atoms with Gasteiger partial charge >= 0.3 is 5.97 Å². The number of fused-ring (bicyclic) bond motifs is 1. The van der Waals surface area contributed by atoms with Crippen molar-refractivity contribution in [3.8, 4) is 5.75 Å². The van der Waals surface area contributed by atoms with Crippen LogP contribution in [0.15, 0.2) is 63.5 Å². The maximum absolute atomic E-state index is 13.7. The molecule has 1 atom stereocenters. The van der Waals surface area contributed by atoms with Crippen LogP contribution in [-0.4, -0.2) is 23.8 Å². The topological polar surface area (TPSA) is 69.9 Å². The van der Waals surface area contributed by atoms with Crippen LogP contribution in [0.3, 0.4) is 0 Å². The Kier molecular flexibility index (Phi) is 8.90. The molecule has 1 aromatic heterocycles. The van der Waals surface area contributed by atoms with Crippen molar-refractivity contribution in [1.29, 1.82) is 0 Å². The van der Waals surface area contributed by atoms with Crippen molar-refractivity contribution in [3.05, 3.63) is 94.6 Å². The van der Waals surface area contributed by atoms with E-state index in [0.29, 0.717) is 42.8 Å². The average Bonchev–Trinajstić information content (AvgIpc) is 3.17. The smallest absolute Gasteiger partial charge is 0.338 e. The number of hydrogen-bond acceptors (Lipinski definition) is 6. The maximum Gasteiger partial charge on any atom is 0.338 e. The van der Waals surface area contributed by atoms with Gasteiger partial charge in [0.2, 0.25) is 0 Å². The summed E-state index contributed by atoms with van der Waals surface area (Å²) < 4.78 is 13.2. The number of halogens is 2. The number of thiazole rings is 1. The van der Waals surface area contributed by atoms with Gasteiger partial charge in [-0.1, -0.05) is 72.5 Å². The fourth-order valence-electron chi connectivity index (χ4n) is 4.16. The lowest BCUT2D eigenvalue weighted by Gasteiger charge is -2.24. The number of ether oxygens (including phenoxy) is 2. The average molecular weight is 560 g/mol. The molecular formula is C28H28Cl2N2O4S. The first-order valence-corrected chi connectivity index (χ1v) is 13.8. The highest BCUT2D eigenvalue weighted by Gasteiger charge is 2.33. The van der Waals surface area contributed by atoms with Gasteiger partial charge in [-0.15, -0.1) is 0 Å². The molecule has 0 spiro atoms. The Hall–Kier alpha value is -2.87. The number of aromatic nitrogens is 1. The van der Waals surface area contributed by atoms with Crippen LogP contribution in [0.5, 0.6) is 5.75 Å². The minimum absolute atomic E-state index is 0.215. The third-order valence-electron chi connectivity index (χ3n) is 5.98. The van der Waals surface area contributed by atoms with Gasteiger partial charge in [0.15, 0.2) is 4.80 Å². The van der Waals surface area contributed by atoms with Crippen LogP contribution in [0.4, 0.5) is 0 Å². The molecule has 6 nitrogen and oxygen atoms in total. The molecule has 0 fully saturated rings. The number of hydrogen-bond donors (Lipinski definition) is 0. The summed E-state index contributed by atoms with van der Waals surface area (Å²) in [5.74, 6) is 0.242. The summed E-state index contributed by atoms with van der Waals surface area (Å²) in [5.41, 5.74) is 2.01. The summed E-state index contributed by atoms with van der Waals surface area (Å²) in [4.78, 5) is 31.8. The van der Waals surface area contributed by atoms with Crippen LogP contribution in [-0.2, 0) is 9.53 Å². The normalized spacial score (nSPS) is 15.4. The van der Waals surface area contributed by atoms with Gasteiger partial charge in [0.1, 0.15) is 5.75 Å². The molecule has 2 heterocycles. The van der Waals surface area contributed by atoms with Crippen molar-refractivity contribution in [2.45, 2.75) is 46.1 Å². The van der Waals surface area contributed by atoms with Crippen LogP contribution in [0.2, 0.25) is 10.0 Å². The van der Waals surface area contributed by atoms with Gasteiger partial charge in [-0.3, -0.25) is 9.36 Å². The molecule has 0 N–H and O–H groups in total. The van der Waals surface area contributed by atoms with Crippen LogP contribution in [0, 0.1) is 0 Å². The molecule has 3 aromatic rings. The Morgan fingerprint density at radius 3 is 2.57 bits per heavy atom. The summed E-state index contributed by atoms with van der Waals surface area (Å²) in [6.45, 7) is 6.52. The summed E-state index contributed by atoms with van der Waals surface area (Å²) >= 11 is 13.6. The van der Waals surface area contributed by atoms with Gasteiger partial charge in [0.25, 0.3) is 5.56 Å². The van der Waals surface area contributed by atoms with Crippen LogP contribution in [0.25, 0.3) is 6.08 Å². The van der Waals surface area contributed by atoms with E-state index >= 15 is 0 Å². The van der Waals surface area contributed by atoms with E-state index in [1.165, 1.54) is 11.3 Å². The van der Waals surface area contributed by atoms with Crippen LogP contribution < -0.4 is 19.6 Å². The fourth-order valence-corrected chi connectivity index (χ4v) is 5.66. The molecule has 0 amide bonds. The Morgan fingerprint density at radius 2 is 1.89 bits per heavy atom. The Bertz CT molecular complexity index is 1510. The van der Waals surface area contributed by atoms with Crippen LogP contribution >= 0.6 is 34.5 Å². The van der Waals surface area contributed by atoms with Gasteiger partial charge in [-0.05, 0) is 61.7 Å². The second-order valence-electron chi connectivity index (χ2n) is 8.59. The van der Waals surface area contributed by atoms with Crippen molar-refractivity contribution >= 4 is 46.6 Å². The zero-order chi connectivity index (χ0) is 26.5. The molecule has 0 saturated carbocycles. The SMILES string of the molecule is CCCCCOc1ccc(C2C(C(=O)OCC)=C(C)N=c3s/c(=C\c4ccc(Cl)cc4Cl)c(=O)n32)cc1. The second kappa shape index (κ2) is 12.1. The molecule has 1 unspecified atom stereocenters. The summed E-state index contributed by atoms with van der Waals surface area (Å²) in [6.07, 6.45) is 4.94. The summed E-state index contributed by atoms with van der Waals surface area (Å²) in [7, 11) is 0. The van der Waals surface area contributed by atoms with Crippen molar-refractivity contribution in [2.75, 3.05) is 13.2 Å². The molecule has 0 radical (unpaired) electrons. The Balaban J connectivity index is 1.81. The Labute approximate surface area is 229 Å². The van der Waals surface area contributed by atoms with Gasteiger partial charge in [0, 0.05) is 10.0 Å². The molecule has 9 heteroatoms. The lowest BCUT2D eigenvalue weighted by atomic mass is 9.96. The summed E-state index contributed by atoms with van der Waals surface area (Å²) in [6, 6.07) is 11.9. The molecule has 1 aliphatic rings. The zero-order valence-electron chi connectivity index (χ0n) is 20.9. The largest absolute Gasteiger partial charge is 0.494 e. The van der Waals surface area contributed by atoms with E-state index in [9.17, 15) is 9.59 Å². The zero-order valence-corrected chi connectivity index (χ0v) is 23.3. The van der Waals surface area contributed by atoms with E-state index in [1.807, 2.05) is 24.3 Å². The van der Waals surface area contributed by atoms with Crippen molar-refractivity contribution in [2.24, 2.45) is 4.99 Å². The quantitative estimate of drug-likeness (QED) is 0.250. The van der Waals surface area contributed by atoms with Crippen molar-refractivity contribution in [1.82, 2.24) is 4.57 Å². The Morgan fingerprint density at radius 1 is 1.14 bits per heavy atom. The van der Waals surface area contributed by atoms with E-state index in [2.05, 4.69) is 11.9 Å². The number of allylic oxidation sites excluding steroid dienone is 1. The van der Waals surface area contributed by atoms with Crippen LogP contribution in [0.1, 0.15) is 57.2 Å². The molecule has 0 aliphatic carbocycles. The number of carbonyl (C=O) groups is 1. The molecular weight excluding hydrogens is 531 g/mol. The summed E-state index contributed by atoms with van der Waals surface area (Å²) in [5, 5.41) is 0.948. The van der Waals surface area contributed by atoms with E-state index in [0.717, 1.165) is 30.6 Å². The number of benzene rings is 2. The predicted octanol–water partition coefficient (Wildman–Crippen LogP) is 5.67. The lowest BCUT2D eigenvalue weighted by molar-refractivity contribution is -0.139. The van der Waals surface area contributed by atoms with Gasteiger partial charge in [-0.2, -0.15) is 0 Å². The molecule has 0 saturated heterocycles. The minimum atomic E-state index is -0.688. The number of nitrogens with zero attached hydrogens (tertiary/aromatic N) is 2. The highest BCUT2D eigenvalue weighted by Crippen LogP contribution is 2.31. The predicted molar refractivity (Wildman–Crippen MR) is 148 cm³/mol. The van der Waals surface area contributed by atoms with Gasteiger partial charge in [0.05, 0.1) is 35.1 Å². The second-order valence-corrected chi connectivity index (χ2v) is 10.4. The first-order chi connectivity index (χ1) is 17.8. The maximum atomic E-state index is 13.7. The first-order valence-electron chi connectivity index (χ1n) is 12.2. The van der Waals surface area contributed by atoms with E-state index in [-0.39, 0.29) is 12.2 Å². The van der Waals surface area contributed by atoms with Gasteiger partial charge < -0.3 is 9.47 Å². The van der Waals surface area contributed by atoms with E-state index in [4.69, 9.17) is 32.7 Å². The number of carbonyl (C=O) groups excluding carboxylic acids is 1. The molecule has 194 valence electrons. The highest BCUT2D eigenvalue weighted by atomic mass is 35.5. The highest BCUT2D eigenvalue weighted by molar-refractivity contribution is 7.07. The van der Waals surface area contributed by atoms with Gasteiger partial charge in [-0.25, -0.2) is 9.79 Å². The molecule has 0 bridgehead atoms. The monoisotopic (exact) mass is 558 g/mol. The number of esters is 1. The van der Waals surface area contributed by atoms with E-state index in [1.54, 1.807) is 42.7 Å². The van der Waals surface area contributed by atoms with E-state index < -0.39 is 12.0 Å². The first kappa shape index (κ1) is 27.2. The number of unbranched alkanes of at least 4 members (excludes halogenated alkanes) is 2. The molecule has 37 heavy (non-hydrogen) atoms. The lowest BCUT2D eigenvalue weighted by Crippen LogP contribution is -2.39. The minimum Gasteiger partial charge on any atom is -0.494 e. The third-order valence-corrected chi connectivity index (χ3v) is 7.52. The third kappa shape index (κ3) is 6.00. The fraction of sp³-hybridized carbons (Fsp3) is 0.321. The molecule has 1 aliphatic heterocycles. The van der Waals surface area contributed by atoms with Crippen molar-refractivity contribution < 1.29 is 14.3 Å².